The minimum Gasteiger partial charge on any atom is -0.288 e. The lowest BCUT2D eigenvalue weighted by atomic mass is 9.92. The Morgan fingerprint density at radius 2 is 1.86 bits per heavy atom. The third-order valence-corrected chi connectivity index (χ3v) is 3.41. The summed E-state index contributed by atoms with van der Waals surface area (Å²) >= 11 is 0. The topological polar surface area (TPSA) is 36.1 Å². The van der Waals surface area contributed by atoms with Crippen molar-refractivity contribution in [3.8, 4) is 17.2 Å². The average Bonchev–Trinajstić information content (AvgIpc) is 2.93. The van der Waals surface area contributed by atoms with Crippen molar-refractivity contribution in [3.63, 3.8) is 0 Å². The number of alkyl halides is 3. The Morgan fingerprint density at radius 3 is 2.57 bits per heavy atom. The average molecular weight is 286 g/mol. The molecule has 3 rings (SSSR count). The Bertz CT molecular complexity index is 783. The van der Waals surface area contributed by atoms with E-state index in [0.717, 1.165) is 12.1 Å². The second-order valence-electron chi connectivity index (χ2n) is 4.72. The molecule has 1 aliphatic heterocycles. The third kappa shape index (κ3) is 2.29. The van der Waals surface area contributed by atoms with Gasteiger partial charge in [-0.2, -0.15) is 18.4 Å². The van der Waals surface area contributed by atoms with Crippen LogP contribution >= 0.6 is 0 Å². The summed E-state index contributed by atoms with van der Waals surface area (Å²) in [5.41, 5.74) is 1.72. The molecule has 0 radical (unpaired) electrons. The van der Waals surface area contributed by atoms with E-state index in [2.05, 4.69) is 4.99 Å². The summed E-state index contributed by atoms with van der Waals surface area (Å²) in [5, 5.41) is 9.15. The summed E-state index contributed by atoms with van der Waals surface area (Å²) in [6.07, 6.45) is -2.85. The Kier molecular flexibility index (Phi) is 3.02. The van der Waals surface area contributed by atoms with Gasteiger partial charge in [-0.25, -0.2) is 0 Å². The Balaban J connectivity index is 2.30. The smallest absolute Gasteiger partial charge is 0.288 e. The van der Waals surface area contributed by atoms with Gasteiger partial charge in [-0.3, -0.25) is 4.99 Å². The number of benzene rings is 2. The van der Waals surface area contributed by atoms with Crippen molar-refractivity contribution < 1.29 is 13.2 Å². The Hall–Kier alpha value is -2.61. The van der Waals surface area contributed by atoms with Crippen LogP contribution in [0.5, 0.6) is 0 Å². The largest absolute Gasteiger partial charge is 0.416 e. The van der Waals surface area contributed by atoms with Gasteiger partial charge >= 0.3 is 6.18 Å². The minimum atomic E-state index is -4.42. The van der Waals surface area contributed by atoms with E-state index < -0.39 is 11.7 Å². The van der Waals surface area contributed by atoms with Gasteiger partial charge in [0.2, 0.25) is 0 Å². The number of fused-ring (bicyclic) bond motifs is 1. The van der Waals surface area contributed by atoms with E-state index in [9.17, 15) is 13.2 Å². The summed E-state index contributed by atoms with van der Waals surface area (Å²) in [6, 6.07) is 10.9. The molecule has 0 bridgehead atoms. The van der Waals surface area contributed by atoms with E-state index in [1.165, 1.54) is 0 Å². The van der Waals surface area contributed by atoms with Gasteiger partial charge in [-0.1, -0.05) is 18.2 Å². The van der Waals surface area contributed by atoms with Gasteiger partial charge in [-0.05, 0) is 29.3 Å². The summed E-state index contributed by atoms with van der Waals surface area (Å²) < 4.78 is 39.1. The molecule has 0 saturated carbocycles. The van der Waals surface area contributed by atoms with Crippen molar-refractivity contribution in [1.82, 2.24) is 0 Å². The maximum atomic E-state index is 13.0. The van der Waals surface area contributed by atoms with Crippen LogP contribution in [-0.4, -0.2) is 6.21 Å². The minimum absolute atomic E-state index is 0.237. The van der Waals surface area contributed by atoms with E-state index in [1.54, 1.807) is 30.5 Å². The Morgan fingerprint density at radius 1 is 1.10 bits per heavy atom. The molecule has 0 fully saturated rings. The fraction of sp³-hybridized carbons (Fsp3) is 0.125. The first-order valence-electron chi connectivity index (χ1n) is 6.24. The second-order valence-corrected chi connectivity index (χ2v) is 4.72. The van der Waals surface area contributed by atoms with Crippen LogP contribution in [-0.2, 0) is 12.7 Å². The highest BCUT2D eigenvalue weighted by Gasteiger charge is 2.32. The van der Waals surface area contributed by atoms with E-state index >= 15 is 0 Å². The summed E-state index contributed by atoms with van der Waals surface area (Å²) in [4.78, 5) is 4.04. The number of aliphatic imine (C=N–C) groups is 1. The molecule has 0 amide bonds. The van der Waals surface area contributed by atoms with Crippen LogP contribution in [0.15, 0.2) is 41.4 Å². The number of hydrogen-bond acceptors (Lipinski definition) is 2. The first-order valence-corrected chi connectivity index (χ1v) is 6.24. The summed E-state index contributed by atoms with van der Waals surface area (Å²) in [5.74, 6) is 0. The van der Waals surface area contributed by atoms with Crippen LogP contribution < -0.4 is 0 Å². The predicted octanol–water partition coefficient (Wildman–Crippen LogP) is 4.18. The van der Waals surface area contributed by atoms with Crippen LogP contribution in [0.2, 0.25) is 0 Å². The van der Waals surface area contributed by atoms with E-state index in [4.69, 9.17) is 5.26 Å². The molecule has 2 nitrogen and oxygen atoms in total. The summed E-state index contributed by atoms with van der Waals surface area (Å²) in [6.45, 7) is 0.237. The highest BCUT2D eigenvalue weighted by atomic mass is 19.4. The van der Waals surface area contributed by atoms with E-state index in [0.29, 0.717) is 27.8 Å². The molecule has 21 heavy (non-hydrogen) atoms. The lowest BCUT2D eigenvalue weighted by molar-refractivity contribution is -0.137. The van der Waals surface area contributed by atoms with Crippen LogP contribution in [0.4, 0.5) is 13.2 Å². The second kappa shape index (κ2) is 4.74. The molecular weight excluding hydrogens is 277 g/mol. The fourth-order valence-electron chi connectivity index (χ4n) is 2.43. The molecular formula is C16H9F3N2. The SMILES string of the molecule is N#Cc1ccccc1-c1cc(C(F)(F)F)cc2c1C=NC2. The van der Waals surface area contributed by atoms with Crippen molar-refractivity contribution in [1.29, 1.82) is 5.26 Å². The maximum Gasteiger partial charge on any atom is 0.416 e. The van der Waals surface area contributed by atoms with Crippen LogP contribution in [0, 0.1) is 11.3 Å². The quantitative estimate of drug-likeness (QED) is 0.774. The van der Waals surface area contributed by atoms with Crippen molar-refractivity contribution in [2.75, 3.05) is 0 Å². The lowest BCUT2D eigenvalue weighted by Crippen LogP contribution is -2.07. The zero-order valence-electron chi connectivity index (χ0n) is 10.8. The fourth-order valence-corrected chi connectivity index (χ4v) is 2.43. The summed E-state index contributed by atoms with van der Waals surface area (Å²) in [7, 11) is 0. The van der Waals surface area contributed by atoms with Gasteiger partial charge in [0, 0.05) is 17.3 Å². The zero-order valence-corrected chi connectivity index (χ0v) is 10.8. The molecule has 1 heterocycles. The van der Waals surface area contributed by atoms with Gasteiger partial charge in [0.25, 0.3) is 0 Å². The van der Waals surface area contributed by atoms with E-state index in [-0.39, 0.29) is 6.54 Å². The Labute approximate surface area is 119 Å². The molecule has 104 valence electrons. The molecule has 2 aromatic rings. The molecule has 0 atom stereocenters. The number of nitrogens with zero attached hydrogens (tertiary/aromatic N) is 2. The maximum absolute atomic E-state index is 13.0. The predicted molar refractivity (Wildman–Crippen MR) is 72.9 cm³/mol. The molecule has 0 unspecified atom stereocenters. The number of halogens is 3. The van der Waals surface area contributed by atoms with Crippen LogP contribution in [0.25, 0.3) is 11.1 Å². The first-order chi connectivity index (χ1) is 10.0. The van der Waals surface area contributed by atoms with Crippen molar-refractivity contribution in [2.24, 2.45) is 4.99 Å². The standard InChI is InChI=1S/C16H9F3N2/c17-16(18,19)12-5-11-8-21-9-15(11)14(6-12)13-4-2-1-3-10(13)7-20/h1-6,9H,8H2. The molecule has 0 N–H and O–H groups in total. The van der Waals surface area contributed by atoms with Crippen molar-refractivity contribution in [3.05, 3.63) is 58.7 Å². The van der Waals surface area contributed by atoms with Gasteiger partial charge < -0.3 is 0 Å². The normalized spacial score (nSPS) is 13.0. The highest BCUT2D eigenvalue weighted by Crippen LogP contribution is 2.37. The first kappa shape index (κ1) is 13.4. The molecule has 0 spiro atoms. The van der Waals surface area contributed by atoms with Crippen LogP contribution in [0.1, 0.15) is 22.3 Å². The molecule has 1 aliphatic rings. The number of nitriles is 1. The van der Waals surface area contributed by atoms with Crippen molar-refractivity contribution >= 4 is 6.21 Å². The molecule has 0 aliphatic carbocycles. The lowest BCUT2D eigenvalue weighted by Gasteiger charge is -2.14. The van der Waals surface area contributed by atoms with Gasteiger partial charge in [0.05, 0.1) is 23.7 Å². The zero-order chi connectivity index (χ0) is 15.0. The number of rotatable bonds is 1. The van der Waals surface area contributed by atoms with Gasteiger partial charge in [0.15, 0.2) is 0 Å². The van der Waals surface area contributed by atoms with E-state index in [1.807, 2.05) is 6.07 Å². The molecule has 5 heteroatoms. The molecule has 0 aromatic heterocycles. The molecule has 2 aromatic carbocycles. The van der Waals surface area contributed by atoms with Crippen LogP contribution in [0.3, 0.4) is 0 Å². The number of hydrogen-bond donors (Lipinski definition) is 0. The third-order valence-electron chi connectivity index (χ3n) is 3.41. The monoisotopic (exact) mass is 286 g/mol. The van der Waals surface area contributed by atoms with Crippen molar-refractivity contribution in [2.45, 2.75) is 12.7 Å². The van der Waals surface area contributed by atoms with Gasteiger partial charge in [0.1, 0.15) is 0 Å². The highest BCUT2D eigenvalue weighted by molar-refractivity contribution is 5.95. The molecule has 0 saturated heterocycles. The van der Waals surface area contributed by atoms with Gasteiger partial charge in [-0.15, -0.1) is 0 Å².